The zero-order valence-electron chi connectivity index (χ0n) is 15.3. The predicted octanol–water partition coefficient (Wildman–Crippen LogP) is 1.88. The molecule has 25 heavy (non-hydrogen) atoms. The van der Waals surface area contributed by atoms with Gasteiger partial charge in [0.1, 0.15) is 0 Å². The van der Waals surface area contributed by atoms with Crippen molar-refractivity contribution in [2.75, 3.05) is 39.6 Å². The summed E-state index contributed by atoms with van der Waals surface area (Å²) in [5.74, 6) is 0.198. The summed E-state index contributed by atoms with van der Waals surface area (Å²) in [5, 5.41) is 10.1. The van der Waals surface area contributed by atoms with Crippen LogP contribution in [0.4, 0.5) is 0 Å². The third-order valence-electron chi connectivity index (χ3n) is 5.20. The highest BCUT2D eigenvalue weighted by Crippen LogP contribution is 2.22. The van der Waals surface area contributed by atoms with Crippen LogP contribution in [0, 0.1) is 0 Å². The molecule has 1 aromatic rings. The highest BCUT2D eigenvalue weighted by Gasteiger charge is 2.13. The Hall–Kier alpha value is -1.27. The maximum absolute atomic E-state index is 12.5. The highest BCUT2D eigenvalue weighted by atomic mass is 16.1. The minimum absolute atomic E-state index is 0.198. The van der Waals surface area contributed by atoms with Gasteiger partial charge in [-0.25, -0.2) is 0 Å². The van der Waals surface area contributed by atoms with Gasteiger partial charge in [0.25, 0.3) is 0 Å². The first-order valence-corrected chi connectivity index (χ1v) is 9.82. The quantitative estimate of drug-likeness (QED) is 0.712. The van der Waals surface area contributed by atoms with E-state index in [0.717, 1.165) is 45.1 Å². The summed E-state index contributed by atoms with van der Waals surface area (Å²) < 4.78 is 0. The van der Waals surface area contributed by atoms with Gasteiger partial charge >= 0.3 is 0 Å². The van der Waals surface area contributed by atoms with Crippen LogP contribution in [0.5, 0.6) is 0 Å². The van der Waals surface area contributed by atoms with Crippen LogP contribution in [0.2, 0.25) is 0 Å². The number of benzene rings is 1. The van der Waals surface area contributed by atoms with E-state index in [0.29, 0.717) is 6.54 Å². The number of ketones is 1. The molecule has 1 saturated heterocycles. The van der Waals surface area contributed by atoms with Crippen molar-refractivity contribution >= 4 is 5.78 Å². The topological polar surface area (TPSA) is 56.4 Å². The summed E-state index contributed by atoms with van der Waals surface area (Å²) in [6.07, 6.45) is 8.53. The Balaban J connectivity index is 1.45. The molecule has 3 rings (SSSR count). The largest absolute Gasteiger partial charge is 0.304 e. The molecule has 0 saturated carbocycles. The Kier molecular flexibility index (Phi) is 7.42. The molecule has 0 amide bonds. The molecule has 138 valence electrons. The van der Waals surface area contributed by atoms with Crippen LogP contribution in [0.3, 0.4) is 0 Å². The van der Waals surface area contributed by atoms with E-state index in [1.807, 2.05) is 6.07 Å². The van der Waals surface area contributed by atoms with Gasteiger partial charge in [0, 0.05) is 25.4 Å². The Labute approximate surface area is 151 Å². The number of aryl methyl sites for hydroxylation is 2. The van der Waals surface area contributed by atoms with Crippen molar-refractivity contribution in [2.24, 2.45) is 0 Å². The van der Waals surface area contributed by atoms with Crippen molar-refractivity contribution in [1.82, 2.24) is 20.9 Å². The fraction of sp³-hybridized carbons (Fsp3) is 0.650. The number of nitrogens with zero attached hydrogens (tertiary/aromatic N) is 1. The fourth-order valence-corrected chi connectivity index (χ4v) is 3.70. The molecule has 2 aliphatic rings. The van der Waals surface area contributed by atoms with E-state index >= 15 is 0 Å². The summed E-state index contributed by atoms with van der Waals surface area (Å²) >= 11 is 0. The summed E-state index contributed by atoms with van der Waals surface area (Å²) in [6, 6.07) is 6.28. The van der Waals surface area contributed by atoms with Gasteiger partial charge < -0.3 is 5.32 Å². The van der Waals surface area contributed by atoms with Gasteiger partial charge in [0.15, 0.2) is 5.78 Å². The minimum Gasteiger partial charge on any atom is -0.304 e. The van der Waals surface area contributed by atoms with E-state index in [4.69, 9.17) is 0 Å². The first kappa shape index (κ1) is 18.5. The zero-order chi connectivity index (χ0) is 17.3. The molecule has 1 aromatic carbocycles. The third kappa shape index (κ3) is 5.89. The van der Waals surface area contributed by atoms with Crippen LogP contribution in [0.1, 0.15) is 53.6 Å². The number of rotatable bonds is 5. The number of nitrogens with one attached hydrogen (secondary N) is 3. The van der Waals surface area contributed by atoms with Crippen LogP contribution in [-0.4, -0.2) is 50.3 Å². The molecule has 1 aliphatic heterocycles. The standard InChI is InChI=1S/C20H32N4O/c25-20(19-9-8-17-6-2-3-7-18(17)12-19)13-22-15-24-11-5-1-4-10-21-14-23-16-24/h8-9,12,21-23H,1-7,10-11,13-16H2. The molecule has 3 N–H and O–H groups in total. The van der Waals surface area contributed by atoms with Crippen molar-refractivity contribution in [2.45, 2.75) is 44.9 Å². The Morgan fingerprint density at radius 1 is 1.04 bits per heavy atom. The molecule has 5 heteroatoms. The van der Waals surface area contributed by atoms with Crippen molar-refractivity contribution < 1.29 is 4.79 Å². The van der Waals surface area contributed by atoms with Crippen molar-refractivity contribution in [1.29, 1.82) is 0 Å². The first-order chi connectivity index (χ1) is 12.3. The zero-order valence-corrected chi connectivity index (χ0v) is 15.3. The van der Waals surface area contributed by atoms with E-state index in [1.54, 1.807) is 0 Å². The van der Waals surface area contributed by atoms with Gasteiger partial charge in [0.05, 0.1) is 13.2 Å². The van der Waals surface area contributed by atoms with Gasteiger partial charge in [-0.3, -0.25) is 20.3 Å². The molecule has 5 nitrogen and oxygen atoms in total. The van der Waals surface area contributed by atoms with Gasteiger partial charge in [0.2, 0.25) is 0 Å². The number of hydrogen-bond donors (Lipinski definition) is 3. The first-order valence-electron chi connectivity index (χ1n) is 9.82. The minimum atomic E-state index is 0.198. The Bertz CT molecular complexity index is 551. The summed E-state index contributed by atoms with van der Waals surface area (Å²) in [5.41, 5.74) is 3.67. The second-order valence-electron chi connectivity index (χ2n) is 7.24. The molecule has 0 atom stereocenters. The molecule has 0 aromatic heterocycles. The summed E-state index contributed by atoms with van der Waals surface area (Å²) in [4.78, 5) is 14.8. The SMILES string of the molecule is O=C(CNCN1CCCCCNCNC1)c1ccc2c(c1)CCCC2. The number of carbonyl (C=O) groups excluding carboxylic acids is 1. The lowest BCUT2D eigenvalue weighted by Crippen LogP contribution is -2.45. The number of Topliss-reactive ketones (excluding diaryl/α,β-unsaturated/α-hetero) is 1. The molecule has 1 heterocycles. The van der Waals surface area contributed by atoms with E-state index in [1.165, 1.54) is 49.7 Å². The van der Waals surface area contributed by atoms with Gasteiger partial charge in [-0.15, -0.1) is 0 Å². The highest BCUT2D eigenvalue weighted by molar-refractivity contribution is 5.97. The van der Waals surface area contributed by atoms with E-state index in [-0.39, 0.29) is 5.78 Å². The maximum atomic E-state index is 12.5. The number of carbonyl (C=O) groups is 1. The van der Waals surface area contributed by atoms with Crippen molar-refractivity contribution in [3.63, 3.8) is 0 Å². The van der Waals surface area contributed by atoms with Gasteiger partial charge in [-0.1, -0.05) is 18.6 Å². The average molecular weight is 345 g/mol. The summed E-state index contributed by atoms with van der Waals surface area (Å²) in [7, 11) is 0. The third-order valence-corrected chi connectivity index (χ3v) is 5.20. The number of hydrogen-bond acceptors (Lipinski definition) is 5. The Morgan fingerprint density at radius 3 is 2.84 bits per heavy atom. The predicted molar refractivity (Wildman–Crippen MR) is 102 cm³/mol. The van der Waals surface area contributed by atoms with Gasteiger partial charge in [-0.2, -0.15) is 0 Å². The molecule has 0 radical (unpaired) electrons. The Morgan fingerprint density at radius 2 is 1.92 bits per heavy atom. The molecule has 0 spiro atoms. The van der Waals surface area contributed by atoms with Crippen molar-refractivity contribution in [3.8, 4) is 0 Å². The van der Waals surface area contributed by atoms with Gasteiger partial charge in [-0.05, 0) is 62.3 Å². The lowest BCUT2D eigenvalue weighted by Gasteiger charge is -2.24. The van der Waals surface area contributed by atoms with Crippen LogP contribution in [0.25, 0.3) is 0 Å². The normalized spacial score (nSPS) is 20.0. The second-order valence-corrected chi connectivity index (χ2v) is 7.24. The maximum Gasteiger partial charge on any atom is 0.176 e. The van der Waals surface area contributed by atoms with Crippen LogP contribution in [-0.2, 0) is 12.8 Å². The second kappa shape index (κ2) is 10.0. The van der Waals surface area contributed by atoms with Crippen LogP contribution >= 0.6 is 0 Å². The fourth-order valence-electron chi connectivity index (χ4n) is 3.70. The van der Waals surface area contributed by atoms with E-state index in [9.17, 15) is 4.79 Å². The molecule has 0 unspecified atom stereocenters. The van der Waals surface area contributed by atoms with Crippen LogP contribution in [0.15, 0.2) is 18.2 Å². The average Bonchev–Trinajstić information content (AvgIpc) is 2.66. The van der Waals surface area contributed by atoms with Crippen LogP contribution < -0.4 is 16.0 Å². The van der Waals surface area contributed by atoms with E-state index < -0.39 is 0 Å². The van der Waals surface area contributed by atoms with Crippen molar-refractivity contribution in [3.05, 3.63) is 34.9 Å². The lowest BCUT2D eigenvalue weighted by atomic mass is 9.90. The monoisotopic (exact) mass is 344 g/mol. The molecular formula is C20H32N4O. The molecule has 0 bridgehead atoms. The summed E-state index contributed by atoms with van der Waals surface area (Å²) in [6.45, 7) is 5.04. The lowest BCUT2D eigenvalue weighted by molar-refractivity contribution is 0.0982. The molecular weight excluding hydrogens is 312 g/mol. The van der Waals surface area contributed by atoms with E-state index in [2.05, 4.69) is 33.0 Å². The molecule has 1 aliphatic carbocycles. The molecule has 1 fully saturated rings. The smallest absolute Gasteiger partial charge is 0.176 e. The number of fused-ring (bicyclic) bond motifs is 1.